The summed E-state index contributed by atoms with van der Waals surface area (Å²) in [4.78, 5) is 20.4. The number of nitrogens with one attached hydrogen (secondary N) is 2. The Labute approximate surface area is 187 Å². The second kappa shape index (κ2) is 9.07. The van der Waals surface area contributed by atoms with Crippen LogP contribution in [0.5, 0.6) is 0 Å². The van der Waals surface area contributed by atoms with Crippen molar-refractivity contribution in [2.45, 2.75) is 45.1 Å². The average Bonchev–Trinajstić information content (AvgIpc) is 3.21. The van der Waals surface area contributed by atoms with Crippen molar-refractivity contribution >= 4 is 32.6 Å². The van der Waals surface area contributed by atoms with Gasteiger partial charge in [-0.15, -0.1) is 0 Å². The first kappa shape index (κ1) is 20.6. The number of aromatic nitrogens is 1. The Hall–Kier alpha value is -2.28. The molecule has 0 radical (unpaired) electrons. The van der Waals surface area contributed by atoms with Gasteiger partial charge in [0.05, 0.1) is 10.2 Å². The Morgan fingerprint density at radius 1 is 1.16 bits per heavy atom. The lowest BCUT2D eigenvalue weighted by Gasteiger charge is -2.31. The van der Waals surface area contributed by atoms with Gasteiger partial charge in [-0.2, -0.15) is 0 Å². The minimum atomic E-state index is -0.0609. The van der Waals surface area contributed by atoms with Crippen molar-refractivity contribution < 1.29 is 4.79 Å². The quantitative estimate of drug-likeness (QED) is 0.607. The smallest absolute Gasteiger partial charge is 0.257 e. The van der Waals surface area contributed by atoms with E-state index in [2.05, 4.69) is 33.5 Å². The van der Waals surface area contributed by atoms with E-state index in [1.54, 1.807) is 0 Å². The number of thiazole rings is 1. The fourth-order valence-electron chi connectivity index (χ4n) is 5.03. The summed E-state index contributed by atoms with van der Waals surface area (Å²) >= 11 is 1.52. The highest BCUT2D eigenvalue weighted by atomic mass is 32.1. The number of hydrogen-bond donors (Lipinski definition) is 2. The first-order valence-electron chi connectivity index (χ1n) is 11.4. The molecule has 2 N–H and O–H groups in total. The zero-order chi connectivity index (χ0) is 21.2. The molecule has 3 aromatic rings. The van der Waals surface area contributed by atoms with Crippen LogP contribution in [0.3, 0.4) is 0 Å². The summed E-state index contributed by atoms with van der Waals surface area (Å²) < 4.78 is 1.09. The first-order valence-corrected chi connectivity index (χ1v) is 12.3. The number of piperidine rings is 1. The summed E-state index contributed by atoms with van der Waals surface area (Å²) in [6.45, 7) is 7.61. The van der Waals surface area contributed by atoms with Crippen LogP contribution in [-0.4, -0.2) is 42.0 Å². The van der Waals surface area contributed by atoms with Gasteiger partial charge in [-0.05, 0) is 79.7 Å². The van der Waals surface area contributed by atoms with Crippen LogP contribution in [0.2, 0.25) is 0 Å². The number of amides is 1. The molecule has 1 atom stereocenters. The van der Waals surface area contributed by atoms with Crippen LogP contribution in [0.25, 0.3) is 10.2 Å². The lowest BCUT2D eigenvalue weighted by atomic mass is 9.85. The molecule has 5 rings (SSSR count). The average molecular weight is 435 g/mol. The standard InChI is InChI=1S/C25H30N4OS/c1-17(16-29-13-5-2-6-14-29)18-9-10-20(21-15-26-12-11-19(18)21)24(30)28-25-27-22-7-3-4-8-23(22)31-25/h3-4,7-10,17,26H,2,5-6,11-16H2,1H3,(H,27,28,30). The summed E-state index contributed by atoms with van der Waals surface area (Å²) in [5, 5.41) is 7.17. The van der Waals surface area contributed by atoms with E-state index in [-0.39, 0.29) is 5.91 Å². The molecule has 1 aromatic heterocycles. The molecule has 2 aliphatic heterocycles. The molecule has 3 heterocycles. The van der Waals surface area contributed by atoms with Gasteiger partial charge < -0.3 is 10.2 Å². The number of para-hydroxylation sites is 1. The highest BCUT2D eigenvalue weighted by Gasteiger charge is 2.24. The van der Waals surface area contributed by atoms with Gasteiger partial charge in [0, 0.05) is 18.7 Å². The fourth-order valence-corrected chi connectivity index (χ4v) is 5.89. The summed E-state index contributed by atoms with van der Waals surface area (Å²) in [5.74, 6) is 0.417. The van der Waals surface area contributed by atoms with Crippen molar-refractivity contribution in [3.05, 3.63) is 58.7 Å². The van der Waals surface area contributed by atoms with Gasteiger partial charge >= 0.3 is 0 Å². The van der Waals surface area contributed by atoms with Gasteiger partial charge in [0.1, 0.15) is 0 Å². The molecule has 31 heavy (non-hydrogen) atoms. The third-order valence-electron chi connectivity index (χ3n) is 6.59. The predicted molar refractivity (Wildman–Crippen MR) is 128 cm³/mol. The van der Waals surface area contributed by atoms with Crippen molar-refractivity contribution in [2.24, 2.45) is 0 Å². The molecule has 1 amide bonds. The van der Waals surface area contributed by atoms with Gasteiger partial charge in [-0.3, -0.25) is 10.1 Å². The molecular formula is C25H30N4OS. The van der Waals surface area contributed by atoms with Crippen molar-refractivity contribution in [1.82, 2.24) is 15.2 Å². The Morgan fingerprint density at radius 2 is 2.00 bits per heavy atom. The van der Waals surface area contributed by atoms with Crippen LogP contribution in [-0.2, 0) is 13.0 Å². The van der Waals surface area contributed by atoms with E-state index in [9.17, 15) is 4.79 Å². The first-order chi connectivity index (χ1) is 15.2. The molecule has 2 aliphatic rings. The number of nitrogens with zero attached hydrogens (tertiary/aromatic N) is 2. The van der Waals surface area contributed by atoms with Crippen molar-refractivity contribution in [3.8, 4) is 0 Å². The predicted octanol–water partition coefficient (Wildman–Crippen LogP) is 4.78. The van der Waals surface area contributed by atoms with Crippen molar-refractivity contribution in [3.63, 3.8) is 0 Å². The molecular weight excluding hydrogens is 404 g/mol. The SMILES string of the molecule is CC(CN1CCCCC1)c1ccc(C(=O)Nc2nc3ccccc3s2)c2c1CCNC2. The van der Waals surface area contributed by atoms with E-state index >= 15 is 0 Å². The molecule has 0 spiro atoms. The number of carbonyl (C=O) groups is 1. The summed E-state index contributed by atoms with van der Waals surface area (Å²) in [5.41, 5.74) is 5.65. The topological polar surface area (TPSA) is 57.3 Å². The second-order valence-electron chi connectivity index (χ2n) is 8.79. The molecule has 5 nitrogen and oxygen atoms in total. The zero-order valence-electron chi connectivity index (χ0n) is 18.1. The van der Waals surface area contributed by atoms with Crippen LogP contribution in [0.1, 0.15) is 59.2 Å². The van der Waals surface area contributed by atoms with Gasteiger partial charge in [-0.1, -0.05) is 42.9 Å². The van der Waals surface area contributed by atoms with Crippen LogP contribution in [0.15, 0.2) is 36.4 Å². The summed E-state index contributed by atoms with van der Waals surface area (Å²) in [7, 11) is 0. The number of likely N-dealkylation sites (tertiary alicyclic amines) is 1. The lowest BCUT2D eigenvalue weighted by molar-refractivity contribution is 0.102. The van der Waals surface area contributed by atoms with Gasteiger partial charge in [0.15, 0.2) is 5.13 Å². The van der Waals surface area contributed by atoms with Crippen LogP contribution in [0, 0.1) is 0 Å². The molecule has 0 aliphatic carbocycles. The minimum Gasteiger partial charge on any atom is -0.312 e. The van der Waals surface area contributed by atoms with Crippen molar-refractivity contribution in [2.75, 3.05) is 31.5 Å². The third-order valence-corrected chi connectivity index (χ3v) is 7.54. The number of hydrogen-bond acceptors (Lipinski definition) is 5. The normalized spacial score (nSPS) is 18.0. The Balaban J connectivity index is 1.39. The van der Waals surface area contributed by atoms with E-state index in [0.29, 0.717) is 11.0 Å². The monoisotopic (exact) mass is 434 g/mol. The highest BCUT2D eigenvalue weighted by Crippen LogP contribution is 2.31. The number of benzene rings is 2. The van der Waals surface area contributed by atoms with Gasteiger partial charge in [0.2, 0.25) is 0 Å². The number of fused-ring (bicyclic) bond motifs is 2. The minimum absolute atomic E-state index is 0.0609. The number of rotatable bonds is 5. The number of carbonyl (C=O) groups excluding carboxylic acids is 1. The van der Waals surface area contributed by atoms with Crippen molar-refractivity contribution in [1.29, 1.82) is 0 Å². The Kier molecular flexibility index (Phi) is 6.03. The van der Waals surface area contributed by atoms with Crippen LogP contribution < -0.4 is 10.6 Å². The molecule has 1 saturated heterocycles. The summed E-state index contributed by atoms with van der Waals surface area (Å²) in [6.07, 6.45) is 4.99. The summed E-state index contributed by atoms with van der Waals surface area (Å²) in [6, 6.07) is 12.2. The lowest BCUT2D eigenvalue weighted by Crippen LogP contribution is -2.34. The number of anilines is 1. The van der Waals surface area contributed by atoms with E-state index in [0.717, 1.165) is 47.4 Å². The van der Waals surface area contributed by atoms with Gasteiger partial charge in [-0.25, -0.2) is 4.98 Å². The largest absolute Gasteiger partial charge is 0.312 e. The fraction of sp³-hybridized carbons (Fsp3) is 0.440. The van der Waals surface area contributed by atoms with E-state index < -0.39 is 0 Å². The maximum atomic E-state index is 13.2. The highest BCUT2D eigenvalue weighted by molar-refractivity contribution is 7.22. The third kappa shape index (κ3) is 4.38. The Bertz CT molecular complexity index is 1050. The van der Waals surface area contributed by atoms with E-state index in [1.165, 1.54) is 54.8 Å². The van der Waals surface area contributed by atoms with Gasteiger partial charge in [0.25, 0.3) is 5.91 Å². The second-order valence-corrected chi connectivity index (χ2v) is 9.82. The molecule has 0 bridgehead atoms. The zero-order valence-corrected chi connectivity index (χ0v) is 18.9. The van der Waals surface area contributed by atoms with Crippen LogP contribution in [0.4, 0.5) is 5.13 Å². The maximum absolute atomic E-state index is 13.2. The maximum Gasteiger partial charge on any atom is 0.257 e. The molecule has 1 unspecified atom stereocenters. The van der Waals surface area contributed by atoms with E-state index in [4.69, 9.17) is 0 Å². The molecule has 0 saturated carbocycles. The van der Waals surface area contributed by atoms with E-state index in [1.807, 2.05) is 30.3 Å². The Morgan fingerprint density at radius 3 is 2.84 bits per heavy atom. The molecule has 2 aromatic carbocycles. The van der Waals surface area contributed by atoms with Crippen LogP contribution >= 0.6 is 11.3 Å². The molecule has 6 heteroatoms. The molecule has 1 fully saturated rings. The molecule has 162 valence electrons.